The predicted octanol–water partition coefficient (Wildman–Crippen LogP) is 6.76. The van der Waals surface area contributed by atoms with Gasteiger partial charge < -0.3 is 19.6 Å². The van der Waals surface area contributed by atoms with E-state index >= 15 is 4.39 Å². The zero-order chi connectivity index (χ0) is 28.7. The van der Waals surface area contributed by atoms with Crippen molar-refractivity contribution in [1.82, 2.24) is 19.5 Å². The second-order valence-corrected chi connectivity index (χ2v) is 9.73. The van der Waals surface area contributed by atoms with Gasteiger partial charge in [0.1, 0.15) is 17.5 Å². The molecule has 1 amide bonds. The summed E-state index contributed by atoms with van der Waals surface area (Å²) in [6.07, 6.45) is 3.14. The van der Waals surface area contributed by atoms with Gasteiger partial charge in [0.15, 0.2) is 11.6 Å². The van der Waals surface area contributed by atoms with Crippen LogP contribution in [0, 0.1) is 19.7 Å². The van der Waals surface area contributed by atoms with Gasteiger partial charge in [-0.05, 0) is 50.6 Å². The van der Waals surface area contributed by atoms with Crippen LogP contribution in [0.4, 0.5) is 10.1 Å². The molecular formula is C32H26FN5O3. The molecule has 3 aromatic carbocycles. The third-order valence-corrected chi connectivity index (χ3v) is 7.14. The number of fused-ring (bicyclic) bond motifs is 2. The summed E-state index contributed by atoms with van der Waals surface area (Å²) >= 11 is 0. The Labute approximate surface area is 234 Å². The van der Waals surface area contributed by atoms with E-state index in [0.29, 0.717) is 28.7 Å². The minimum atomic E-state index is -0.705. The molecule has 6 aromatic rings. The number of halogens is 1. The average Bonchev–Trinajstić information content (AvgIpc) is 3.41. The van der Waals surface area contributed by atoms with E-state index in [1.165, 1.54) is 18.5 Å². The van der Waals surface area contributed by atoms with Crippen LogP contribution in [-0.4, -0.2) is 25.4 Å². The van der Waals surface area contributed by atoms with Gasteiger partial charge in [0.25, 0.3) is 5.91 Å². The SMILES string of the molecule is CCn1c(C)c(C(=O)Nc2ccc(Oc3ncnc4[nH]cc(-c5ccccc5)c34)c(F)c2)c(=O)c2cc(C)ccc21. The van der Waals surface area contributed by atoms with Crippen molar-refractivity contribution in [3.63, 3.8) is 0 Å². The van der Waals surface area contributed by atoms with Crippen molar-refractivity contribution in [2.24, 2.45) is 0 Å². The maximum absolute atomic E-state index is 15.3. The van der Waals surface area contributed by atoms with Crippen molar-refractivity contribution in [2.45, 2.75) is 27.3 Å². The van der Waals surface area contributed by atoms with E-state index in [4.69, 9.17) is 4.74 Å². The van der Waals surface area contributed by atoms with Crippen LogP contribution in [0.3, 0.4) is 0 Å². The van der Waals surface area contributed by atoms with E-state index in [2.05, 4.69) is 20.3 Å². The summed E-state index contributed by atoms with van der Waals surface area (Å²) in [5, 5.41) is 3.76. The first kappa shape index (κ1) is 25.9. The maximum Gasteiger partial charge on any atom is 0.261 e. The highest BCUT2D eigenvalue weighted by Gasteiger charge is 2.21. The van der Waals surface area contributed by atoms with Crippen molar-refractivity contribution in [2.75, 3.05) is 5.32 Å². The van der Waals surface area contributed by atoms with Gasteiger partial charge in [-0.2, -0.15) is 0 Å². The summed E-state index contributed by atoms with van der Waals surface area (Å²) in [7, 11) is 0. The highest BCUT2D eigenvalue weighted by Crippen LogP contribution is 2.36. The number of nitrogens with zero attached hydrogens (tertiary/aromatic N) is 3. The molecule has 0 spiro atoms. The Kier molecular flexibility index (Phi) is 6.55. The third kappa shape index (κ3) is 4.61. The van der Waals surface area contributed by atoms with Gasteiger partial charge in [0, 0.05) is 41.1 Å². The number of anilines is 1. The quantitative estimate of drug-likeness (QED) is 0.240. The number of nitrogens with one attached hydrogen (secondary N) is 2. The number of amides is 1. The summed E-state index contributed by atoms with van der Waals surface area (Å²) in [6, 6.07) is 19.3. The fourth-order valence-electron chi connectivity index (χ4n) is 5.17. The monoisotopic (exact) mass is 547 g/mol. The van der Waals surface area contributed by atoms with E-state index in [1.54, 1.807) is 19.2 Å². The van der Waals surface area contributed by atoms with E-state index in [-0.39, 0.29) is 28.3 Å². The second-order valence-electron chi connectivity index (χ2n) is 9.73. The fraction of sp³-hybridized carbons (Fsp3) is 0.125. The summed E-state index contributed by atoms with van der Waals surface area (Å²) < 4.78 is 23.1. The predicted molar refractivity (Wildman–Crippen MR) is 157 cm³/mol. The Morgan fingerprint density at radius 3 is 2.61 bits per heavy atom. The van der Waals surface area contributed by atoms with Gasteiger partial charge in [0.05, 0.1) is 10.9 Å². The van der Waals surface area contributed by atoms with Crippen molar-refractivity contribution in [1.29, 1.82) is 0 Å². The Bertz CT molecular complexity index is 2010. The second kappa shape index (κ2) is 10.3. The standard InChI is InChI=1S/C32H26FN5O3/c1-4-38-19(3)27(29(39)22-14-18(2)10-12-25(22)38)31(40)37-21-11-13-26(24(33)15-21)41-32-28-23(20-8-6-5-7-9-20)16-34-30(28)35-17-36-32/h5-17H,4H2,1-3H3,(H,37,40)(H,34,35,36). The molecule has 0 atom stereocenters. The lowest BCUT2D eigenvalue weighted by molar-refractivity contribution is 0.102. The number of hydrogen-bond acceptors (Lipinski definition) is 5. The third-order valence-electron chi connectivity index (χ3n) is 7.14. The number of pyridine rings is 1. The van der Waals surface area contributed by atoms with E-state index in [9.17, 15) is 9.59 Å². The first-order valence-corrected chi connectivity index (χ1v) is 13.2. The summed E-state index contributed by atoms with van der Waals surface area (Å²) in [6.45, 7) is 6.17. The number of ether oxygens (including phenoxy) is 1. The van der Waals surface area contributed by atoms with Crippen LogP contribution < -0.4 is 15.5 Å². The smallest absolute Gasteiger partial charge is 0.261 e. The molecule has 8 nitrogen and oxygen atoms in total. The van der Waals surface area contributed by atoms with Crippen LogP contribution >= 0.6 is 0 Å². The average molecular weight is 548 g/mol. The molecule has 3 heterocycles. The van der Waals surface area contributed by atoms with Gasteiger partial charge in [-0.3, -0.25) is 9.59 Å². The first-order valence-electron chi connectivity index (χ1n) is 13.2. The molecule has 0 fully saturated rings. The van der Waals surface area contributed by atoms with Crippen LogP contribution in [0.5, 0.6) is 11.6 Å². The van der Waals surface area contributed by atoms with Crippen LogP contribution in [0.15, 0.2) is 84.0 Å². The lowest BCUT2D eigenvalue weighted by Crippen LogP contribution is -2.26. The van der Waals surface area contributed by atoms with Gasteiger partial charge in [-0.15, -0.1) is 0 Å². The summed E-state index contributed by atoms with van der Waals surface area (Å²) in [5.41, 5.74) is 4.37. The number of carbonyl (C=O) groups is 1. The zero-order valence-corrected chi connectivity index (χ0v) is 22.7. The van der Waals surface area contributed by atoms with Crippen molar-refractivity contribution >= 4 is 33.5 Å². The summed E-state index contributed by atoms with van der Waals surface area (Å²) in [4.78, 5) is 38.3. The highest BCUT2D eigenvalue weighted by atomic mass is 19.1. The highest BCUT2D eigenvalue weighted by molar-refractivity contribution is 6.07. The molecule has 9 heteroatoms. The Hall–Kier alpha value is -5.31. The Morgan fingerprint density at radius 1 is 1.05 bits per heavy atom. The molecule has 41 heavy (non-hydrogen) atoms. The number of benzene rings is 3. The molecule has 3 aromatic heterocycles. The zero-order valence-electron chi connectivity index (χ0n) is 22.7. The van der Waals surface area contributed by atoms with E-state index in [1.807, 2.05) is 60.9 Å². The molecule has 0 aliphatic heterocycles. The molecule has 2 N–H and O–H groups in total. The molecular weight excluding hydrogens is 521 g/mol. The van der Waals surface area contributed by atoms with E-state index in [0.717, 1.165) is 28.3 Å². The molecule has 204 valence electrons. The van der Waals surface area contributed by atoms with E-state index < -0.39 is 11.7 Å². The minimum absolute atomic E-state index is 0.0231. The molecule has 0 saturated heterocycles. The maximum atomic E-state index is 15.3. The van der Waals surface area contributed by atoms with Gasteiger partial charge >= 0.3 is 0 Å². The number of hydrogen-bond donors (Lipinski definition) is 2. The fourth-order valence-corrected chi connectivity index (χ4v) is 5.17. The molecule has 0 radical (unpaired) electrons. The van der Waals surface area contributed by atoms with Crippen molar-refractivity contribution in [3.8, 4) is 22.8 Å². The normalized spacial score (nSPS) is 11.2. The molecule has 6 rings (SSSR count). The molecule has 0 saturated carbocycles. The van der Waals surface area contributed by atoms with Crippen LogP contribution in [-0.2, 0) is 6.54 Å². The topological polar surface area (TPSA) is 102 Å². The number of aromatic amines is 1. The number of H-pyrrole nitrogens is 1. The minimum Gasteiger partial charge on any atom is -0.435 e. The Morgan fingerprint density at radius 2 is 1.85 bits per heavy atom. The molecule has 0 aliphatic carbocycles. The molecule has 0 unspecified atom stereocenters. The number of aryl methyl sites for hydroxylation is 2. The number of aromatic nitrogens is 4. The lowest BCUT2D eigenvalue weighted by atomic mass is 10.0. The van der Waals surface area contributed by atoms with Crippen LogP contribution in [0.25, 0.3) is 33.1 Å². The number of carbonyl (C=O) groups excluding carboxylic acids is 1. The van der Waals surface area contributed by atoms with Crippen molar-refractivity contribution in [3.05, 3.63) is 112 Å². The van der Waals surface area contributed by atoms with Crippen LogP contribution in [0.1, 0.15) is 28.5 Å². The molecule has 0 aliphatic rings. The Balaban J connectivity index is 1.31. The molecule has 0 bridgehead atoms. The van der Waals surface area contributed by atoms with Gasteiger partial charge in [-0.1, -0.05) is 42.0 Å². The first-order chi connectivity index (χ1) is 19.9. The largest absolute Gasteiger partial charge is 0.435 e. The van der Waals surface area contributed by atoms with Gasteiger partial charge in [0.2, 0.25) is 11.3 Å². The lowest BCUT2D eigenvalue weighted by Gasteiger charge is -2.17. The van der Waals surface area contributed by atoms with Crippen LogP contribution in [0.2, 0.25) is 0 Å². The van der Waals surface area contributed by atoms with Crippen molar-refractivity contribution < 1.29 is 13.9 Å². The number of rotatable bonds is 6. The van der Waals surface area contributed by atoms with Gasteiger partial charge in [-0.25, -0.2) is 14.4 Å². The summed E-state index contributed by atoms with van der Waals surface area (Å²) in [5.74, 6) is -1.20.